The van der Waals surface area contributed by atoms with Gasteiger partial charge in [-0.25, -0.2) is 4.39 Å². The van der Waals surface area contributed by atoms with Crippen molar-refractivity contribution in [2.24, 2.45) is 10.4 Å². The molecule has 1 aliphatic carbocycles. The Hall–Kier alpha value is -3.47. The van der Waals surface area contributed by atoms with Gasteiger partial charge in [0, 0.05) is 29.1 Å². The van der Waals surface area contributed by atoms with Crippen molar-refractivity contribution in [3.8, 4) is 28.2 Å². The lowest BCUT2D eigenvalue weighted by atomic mass is 9.81. The molecule has 0 fully saturated rings. The van der Waals surface area contributed by atoms with Crippen molar-refractivity contribution in [2.75, 3.05) is 6.54 Å². The van der Waals surface area contributed by atoms with Gasteiger partial charge in [-0.1, -0.05) is 51.5 Å². The standard InChI is InChI=1S/C31H32F5NO4S/c1-8-37-24-14-25-21(12-20(24)18(4)15-30(5,6)7)26(19-10-9-16(2)11-17(19)3)22-13-23(32)29(27(33)28(22)40-25)41-42(38,39)31(34,35)36/h9-14,18H,8,15H2,1-7H3/b37-24+. The molecule has 0 radical (unpaired) electrons. The van der Waals surface area contributed by atoms with Crippen molar-refractivity contribution in [2.45, 2.75) is 66.3 Å². The lowest BCUT2D eigenvalue weighted by Gasteiger charge is -2.25. The average Bonchev–Trinajstić information content (AvgIpc) is 2.84. The highest BCUT2D eigenvalue weighted by Crippen LogP contribution is 2.45. The summed E-state index contributed by atoms with van der Waals surface area (Å²) in [7, 11) is -6.36. The van der Waals surface area contributed by atoms with Crippen LogP contribution in [-0.4, -0.2) is 20.5 Å². The first-order valence-corrected chi connectivity index (χ1v) is 14.8. The third-order valence-electron chi connectivity index (χ3n) is 6.92. The van der Waals surface area contributed by atoms with Gasteiger partial charge in [0.1, 0.15) is 5.76 Å². The van der Waals surface area contributed by atoms with Crippen LogP contribution in [0.15, 0.2) is 45.8 Å². The Morgan fingerprint density at radius 3 is 2.24 bits per heavy atom. The Kier molecular flexibility index (Phi) is 8.23. The molecule has 0 N–H and O–H groups in total. The molecule has 1 atom stereocenters. The molecule has 42 heavy (non-hydrogen) atoms. The van der Waals surface area contributed by atoms with Gasteiger partial charge in [0.05, 0.1) is 5.36 Å². The molecule has 0 saturated heterocycles. The Morgan fingerprint density at radius 1 is 1.00 bits per heavy atom. The quantitative estimate of drug-likeness (QED) is 0.0949. The predicted octanol–water partition coefficient (Wildman–Crippen LogP) is 8.79. The maximum Gasteiger partial charge on any atom is 0.534 e. The van der Waals surface area contributed by atoms with Gasteiger partial charge in [-0.15, -0.1) is 0 Å². The monoisotopic (exact) mass is 609 g/mol. The van der Waals surface area contributed by atoms with E-state index < -0.39 is 38.6 Å². The number of hydrogen-bond acceptors (Lipinski definition) is 5. The van der Waals surface area contributed by atoms with Crippen LogP contribution in [0.25, 0.3) is 33.4 Å². The molecule has 0 amide bonds. The number of halogens is 5. The summed E-state index contributed by atoms with van der Waals surface area (Å²) in [6, 6.07) is 9.74. The molecule has 226 valence electrons. The van der Waals surface area contributed by atoms with Crippen LogP contribution < -0.4 is 9.54 Å². The number of nitrogens with zero attached hydrogens (tertiary/aromatic N) is 1. The van der Waals surface area contributed by atoms with E-state index in [1.807, 2.05) is 39.0 Å². The van der Waals surface area contributed by atoms with Crippen molar-refractivity contribution >= 4 is 21.1 Å². The number of hydrogen-bond donors (Lipinski definition) is 0. The van der Waals surface area contributed by atoms with Gasteiger partial charge in [-0.3, -0.25) is 4.99 Å². The topological polar surface area (TPSA) is 68.9 Å². The summed E-state index contributed by atoms with van der Waals surface area (Å²) in [5.41, 5.74) is -2.47. The minimum Gasteiger partial charge on any atom is -0.453 e. The lowest BCUT2D eigenvalue weighted by molar-refractivity contribution is -0.0501. The molecule has 0 bridgehead atoms. The zero-order chi connectivity index (χ0) is 31.4. The van der Waals surface area contributed by atoms with Crippen LogP contribution in [0, 0.1) is 30.9 Å². The van der Waals surface area contributed by atoms with E-state index in [1.165, 1.54) is 0 Å². The van der Waals surface area contributed by atoms with Crippen molar-refractivity contribution in [3.05, 3.63) is 70.1 Å². The zero-order valence-corrected chi connectivity index (χ0v) is 25.2. The highest BCUT2D eigenvalue weighted by Gasteiger charge is 2.49. The van der Waals surface area contributed by atoms with Crippen molar-refractivity contribution in [1.29, 1.82) is 0 Å². The molecule has 4 rings (SSSR count). The van der Waals surface area contributed by atoms with Crippen LogP contribution >= 0.6 is 0 Å². The second kappa shape index (κ2) is 11.0. The fraction of sp³-hybridized carbons (Fsp3) is 0.387. The summed E-state index contributed by atoms with van der Waals surface area (Å²) >= 11 is 0. The summed E-state index contributed by atoms with van der Waals surface area (Å²) in [5, 5.41) is 0.492. The van der Waals surface area contributed by atoms with E-state index in [2.05, 4.69) is 36.9 Å². The molecule has 2 aromatic rings. The van der Waals surface area contributed by atoms with E-state index in [1.54, 1.807) is 12.1 Å². The van der Waals surface area contributed by atoms with Gasteiger partial charge < -0.3 is 8.60 Å². The van der Waals surface area contributed by atoms with E-state index in [9.17, 15) is 21.6 Å². The summed E-state index contributed by atoms with van der Waals surface area (Å²) in [6.07, 6.45) is 0.812. The molecular weight excluding hydrogens is 577 g/mol. The van der Waals surface area contributed by atoms with Crippen LogP contribution in [0.2, 0.25) is 0 Å². The second-order valence-corrected chi connectivity index (χ2v) is 13.2. The van der Waals surface area contributed by atoms with E-state index >= 15 is 8.78 Å². The number of fused-ring (bicyclic) bond motifs is 2. The average molecular weight is 610 g/mol. The minimum atomic E-state index is -6.36. The Bertz CT molecular complexity index is 1820. The SMILES string of the molecule is CC/N=c1\cc2oc3c(F)c(OS(=O)(=O)C(F)(F)F)c(F)cc3c(-c3ccc(C)cc3C)c-2cc1C(C)CC(C)(C)C. The highest BCUT2D eigenvalue weighted by atomic mass is 32.2. The molecule has 1 heterocycles. The van der Waals surface area contributed by atoms with Gasteiger partial charge in [0.25, 0.3) is 0 Å². The number of aryl methyl sites for hydroxylation is 2. The van der Waals surface area contributed by atoms with Crippen LogP contribution in [-0.2, 0) is 10.1 Å². The predicted molar refractivity (Wildman–Crippen MR) is 152 cm³/mol. The Balaban J connectivity index is 2.17. The molecule has 5 nitrogen and oxygen atoms in total. The molecule has 0 aromatic heterocycles. The lowest BCUT2D eigenvalue weighted by Crippen LogP contribution is -2.28. The second-order valence-electron chi connectivity index (χ2n) is 11.7. The molecule has 2 aliphatic rings. The third kappa shape index (κ3) is 6.02. The number of rotatable bonds is 6. The van der Waals surface area contributed by atoms with Crippen molar-refractivity contribution < 1.29 is 39.0 Å². The first-order valence-electron chi connectivity index (χ1n) is 13.4. The first-order chi connectivity index (χ1) is 19.3. The molecular formula is C31H32F5NO4S. The summed E-state index contributed by atoms with van der Waals surface area (Å²) in [4.78, 5) is 4.61. The van der Waals surface area contributed by atoms with Crippen LogP contribution in [0.4, 0.5) is 22.0 Å². The molecule has 0 spiro atoms. The Morgan fingerprint density at radius 2 is 1.67 bits per heavy atom. The maximum absolute atomic E-state index is 15.8. The van der Waals surface area contributed by atoms with Gasteiger partial charge in [0.2, 0.25) is 11.6 Å². The smallest absolute Gasteiger partial charge is 0.453 e. The fourth-order valence-corrected chi connectivity index (χ4v) is 5.80. The van der Waals surface area contributed by atoms with Crippen LogP contribution in [0.1, 0.15) is 63.6 Å². The molecule has 0 saturated carbocycles. The van der Waals surface area contributed by atoms with Gasteiger partial charge in [0.15, 0.2) is 11.4 Å². The summed E-state index contributed by atoms with van der Waals surface area (Å²) in [5.74, 6) is -4.91. The van der Waals surface area contributed by atoms with Crippen molar-refractivity contribution in [1.82, 2.24) is 0 Å². The zero-order valence-electron chi connectivity index (χ0n) is 24.3. The van der Waals surface area contributed by atoms with E-state index in [0.29, 0.717) is 28.6 Å². The van der Waals surface area contributed by atoms with Gasteiger partial charge in [-0.05, 0) is 67.3 Å². The maximum atomic E-state index is 15.8. The fourth-order valence-electron chi connectivity index (χ4n) is 5.34. The third-order valence-corrected chi connectivity index (χ3v) is 7.87. The van der Waals surface area contributed by atoms with E-state index in [4.69, 9.17) is 4.42 Å². The molecule has 2 aromatic carbocycles. The van der Waals surface area contributed by atoms with Crippen LogP contribution in [0.5, 0.6) is 5.75 Å². The van der Waals surface area contributed by atoms with E-state index in [-0.39, 0.29) is 22.5 Å². The molecule has 1 aliphatic heterocycles. The molecule has 11 heteroatoms. The van der Waals surface area contributed by atoms with Crippen LogP contribution in [0.3, 0.4) is 0 Å². The first kappa shape index (κ1) is 31.5. The van der Waals surface area contributed by atoms with Crippen molar-refractivity contribution in [3.63, 3.8) is 0 Å². The minimum absolute atomic E-state index is 0.0125. The van der Waals surface area contributed by atoms with E-state index in [0.717, 1.165) is 29.2 Å². The van der Waals surface area contributed by atoms with Gasteiger partial charge >= 0.3 is 15.6 Å². The largest absolute Gasteiger partial charge is 0.534 e. The normalized spacial score (nSPS) is 14.1. The number of alkyl halides is 3. The summed E-state index contributed by atoms with van der Waals surface area (Å²) < 4.78 is 103. The number of benzene rings is 3. The van der Waals surface area contributed by atoms with Gasteiger partial charge in [-0.2, -0.15) is 26.0 Å². The summed E-state index contributed by atoms with van der Waals surface area (Å²) in [6.45, 7) is 14.4. The Labute approximate surface area is 241 Å². The highest BCUT2D eigenvalue weighted by molar-refractivity contribution is 7.88. The molecule has 1 unspecified atom stereocenters.